The van der Waals surface area contributed by atoms with Crippen LogP contribution in [-0.4, -0.2) is 14.0 Å². The molecule has 122 valence electrons. The van der Waals surface area contributed by atoms with Gasteiger partial charge in [-0.1, -0.05) is 53.6 Å². The monoisotopic (exact) mass is 325 g/mol. The van der Waals surface area contributed by atoms with Crippen molar-refractivity contribution in [1.29, 1.82) is 0 Å². The SMILES string of the molecule is Cc1cc(C)cc(Cn2c3ccccc3n3c4ccccc4nc23)c1. The van der Waals surface area contributed by atoms with Crippen molar-refractivity contribution in [2.24, 2.45) is 0 Å². The predicted molar refractivity (Wildman–Crippen MR) is 103 cm³/mol. The minimum absolute atomic E-state index is 0.822. The highest BCUT2D eigenvalue weighted by Crippen LogP contribution is 2.27. The number of rotatable bonds is 2. The summed E-state index contributed by atoms with van der Waals surface area (Å²) in [5, 5.41) is 0. The van der Waals surface area contributed by atoms with Gasteiger partial charge in [0.15, 0.2) is 0 Å². The third kappa shape index (κ3) is 2.16. The van der Waals surface area contributed by atoms with Crippen LogP contribution >= 0.6 is 0 Å². The number of para-hydroxylation sites is 4. The van der Waals surface area contributed by atoms with Crippen LogP contribution in [-0.2, 0) is 6.54 Å². The third-order valence-electron chi connectivity index (χ3n) is 4.82. The van der Waals surface area contributed by atoms with Crippen LogP contribution in [0, 0.1) is 13.8 Å². The maximum absolute atomic E-state index is 4.92. The Hall–Kier alpha value is -3.07. The fourth-order valence-corrected chi connectivity index (χ4v) is 3.92. The van der Waals surface area contributed by atoms with Gasteiger partial charge < -0.3 is 4.57 Å². The van der Waals surface area contributed by atoms with Crippen molar-refractivity contribution in [3.05, 3.63) is 83.4 Å². The largest absolute Gasteiger partial charge is 0.305 e. The summed E-state index contributed by atoms with van der Waals surface area (Å²) in [7, 11) is 0. The molecular formula is C22H19N3. The lowest BCUT2D eigenvalue weighted by atomic mass is 10.1. The molecule has 0 spiro atoms. The first-order valence-electron chi connectivity index (χ1n) is 8.62. The molecule has 0 unspecified atom stereocenters. The predicted octanol–water partition coefficient (Wildman–Crippen LogP) is 5.11. The number of hydrogen-bond donors (Lipinski definition) is 0. The van der Waals surface area contributed by atoms with E-state index in [0.29, 0.717) is 0 Å². The van der Waals surface area contributed by atoms with Crippen molar-refractivity contribution < 1.29 is 0 Å². The molecule has 2 aromatic heterocycles. The second kappa shape index (κ2) is 5.21. The molecule has 5 rings (SSSR count). The van der Waals surface area contributed by atoms with Crippen LogP contribution in [0.1, 0.15) is 16.7 Å². The number of hydrogen-bond acceptors (Lipinski definition) is 1. The first-order chi connectivity index (χ1) is 12.2. The average molecular weight is 325 g/mol. The molecule has 0 saturated heterocycles. The number of fused-ring (bicyclic) bond motifs is 5. The van der Waals surface area contributed by atoms with Crippen molar-refractivity contribution in [3.8, 4) is 0 Å². The summed E-state index contributed by atoms with van der Waals surface area (Å²) in [6.07, 6.45) is 0. The minimum Gasteiger partial charge on any atom is -0.305 e. The van der Waals surface area contributed by atoms with Crippen molar-refractivity contribution in [1.82, 2.24) is 14.0 Å². The van der Waals surface area contributed by atoms with Crippen molar-refractivity contribution >= 4 is 27.8 Å². The lowest BCUT2D eigenvalue weighted by molar-refractivity contribution is 0.845. The molecule has 3 aromatic carbocycles. The lowest BCUT2D eigenvalue weighted by Gasteiger charge is -2.08. The number of imidazole rings is 2. The first kappa shape index (κ1) is 14.3. The van der Waals surface area contributed by atoms with Gasteiger partial charge in [-0.05, 0) is 43.7 Å². The van der Waals surface area contributed by atoms with E-state index in [2.05, 4.69) is 83.5 Å². The number of aromatic nitrogens is 3. The first-order valence-corrected chi connectivity index (χ1v) is 8.62. The van der Waals surface area contributed by atoms with Gasteiger partial charge in [0.2, 0.25) is 5.78 Å². The Morgan fingerprint density at radius 3 is 2.16 bits per heavy atom. The highest BCUT2D eigenvalue weighted by molar-refractivity contribution is 5.90. The summed E-state index contributed by atoms with van der Waals surface area (Å²) >= 11 is 0. The van der Waals surface area contributed by atoms with Gasteiger partial charge in [-0.25, -0.2) is 4.98 Å². The van der Waals surface area contributed by atoms with Crippen molar-refractivity contribution in [3.63, 3.8) is 0 Å². The van der Waals surface area contributed by atoms with E-state index in [0.717, 1.165) is 23.4 Å². The Kier molecular flexibility index (Phi) is 2.98. The summed E-state index contributed by atoms with van der Waals surface area (Å²) in [6.45, 7) is 5.14. The zero-order chi connectivity index (χ0) is 17.0. The molecule has 0 aliphatic heterocycles. The Balaban J connectivity index is 1.83. The molecular weight excluding hydrogens is 306 g/mol. The number of nitrogens with zero attached hydrogens (tertiary/aromatic N) is 3. The van der Waals surface area contributed by atoms with Gasteiger partial charge >= 0.3 is 0 Å². The standard InChI is InChI=1S/C22H19N3/c1-15-11-16(2)13-17(12-15)14-24-20-9-5-6-10-21(20)25-19-8-4-3-7-18(19)23-22(24)25/h3-13H,14H2,1-2H3. The van der Waals surface area contributed by atoms with Crippen LogP contribution in [0.4, 0.5) is 0 Å². The molecule has 5 aromatic rings. The third-order valence-corrected chi connectivity index (χ3v) is 4.82. The Morgan fingerprint density at radius 1 is 0.760 bits per heavy atom. The van der Waals surface area contributed by atoms with Crippen LogP contribution in [0.15, 0.2) is 66.7 Å². The molecule has 0 aliphatic carbocycles. The Labute approximate surface area is 146 Å². The maximum Gasteiger partial charge on any atom is 0.216 e. The topological polar surface area (TPSA) is 22.2 Å². The molecule has 0 saturated carbocycles. The molecule has 0 fully saturated rings. The summed E-state index contributed by atoms with van der Waals surface area (Å²) in [5.41, 5.74) is 8.54. The molecule has 25 heavy (non-hydrogen) atoms. The highest BCUT2D eigenvalue weighted by Gasteiger charge is 2.15. The van der Waals surface area contributed by atoms with Crippen LogP contribution < -0.4 is 0 Å². The molecule has 0 atom stereocenters. The van der Waals surface area contributed by atoms with Gasteiger partial charge in [-0.3, -0.25) is 4.40 Å². The van der Waals surface area contributed by atoms with Crippen LogP contribution in [0.3, 0.4) is 0 Å². The molecule has 0 aliphatic rings. The zero-order valence-corrected chi connectivity index (χ0v) is 14.4. The smallest absolute Gasteiger partial charge is 0.216 e. The Morgan fingerprint density at radius 2 is 1.40 bits per heavy atom. The van der Waals surface area contributed by atoms with E-state index in [9.17, 15) is 0 Å². The quantitative estimate of drug-likeness (QED) is 0.442. The average Bonchev–Trinajstić information content (AvgIpc) is 3.10. The highest BCUT2D eigenvalue weighted by atomic mass is 15.2. The van der Waals surface area contributed by atoms with E-state index in [-0.39, 0.29) is 0 Å². The fourth-order valence-electron chi connectivity index (χ4n) is 3.92. The van der Waals surface area contributed by atoms with Gasteiger partial charge in [0.05, 0.1) is 28.6 Å². The van der Waals surface area contributed by atoms with E-state index in [4.69, 9.17) is 4.98 Å². The van der Waals surface area contributed by atoms with Crippen molar-refractivity contribution in [2.75, 3.05) is 0 Å². The van der Waals surface area contributed by atoms with Gasteiger partial charge in [0.25, 0.3) is 0 Å². The van der Waals surface area contributed by atoms with Crippen LogP contribution in [0.5, 0.6) is 0 Å². The van der Waals surface area contributed by atoms with Crippen LogP contribution in [0.2, 0.25) is 0 Å². The van der Waals surface area contributed by atoms with E-state index in [1.807, 2.05) is 6.07 Å². The van der Waals surface area contributed by atoms with E-state index < -0.39 is 0 Å². The van der Waals surface area contributed by atoms with Gasteiger partial charge in [-0.2, -0.15) is 0 Å². The molecule has 0 amide bonds. The molecule has 0 bridgehead atoms. The Bertz CT molecular complexity index is 1220. The van der Waals surface area contributed by atoms with Gasteiger partial charge in [-0.15, -0.1) is 0 Å². The molecule has 3 nitrogen and oxygen atoms in total. The van der Waals surface area contributed by atoms with E-state index in [1.165, 1.54) is 27.7 Å². The minimum atomic E-state index is 0.822. The zero-order valence-electron chi connectivity index (χ0n) is 14.4. The summed E-state index contributed by atoms with van der Waals surface area (Å²) in [6, 6.07) is 23.6. The lowest BCUT2D eigenvalue weighted by Crippen LogP contribution is -2.01. The van der Waals surface area contributed by atoms with Crippen molar-refractivity contribution in [2.45, 2.75) is 20.4 Å². The molecule has 2 heterocycles. The molecule has 3 heteroatoms. The number of aryl methyl sites for hydroxylation is 2. The molecule has 0 N–H and O–H groups in total. The van der Waals surface area contributed by atoms with E-state index >= 15 is 0 Å². The summed E-state index contributed by atoms with van der Waals surface area (Å²) in [4.78, 5) is 4.92. The second-order valence-electron chi connectivity index (χ2n) is 6.81. The summed E-state index contributed by atoms with van der Waals surface area (Å²) in [5.74, 6) is 1.00. The maximum atomic E-state index is 4.92. The summed E-state index contributed by atoms with van der Waals surface area (Å²) < 4.78 is 4.59. The normalized spacial score (nSPS) is 11.8. The fraction of sp³-hybridized carbons (Fsp3) is 0.136. The van der Waals surface area contributed by atoms with Crippen LogP contribution in [0.25, 0.3) is 27.8 Å². The van der Waals surface area contributed by atoms with E-state index in [1.54, 1.807) is 0 Å². The van der Waals surface area contributed by atoms with Gasteiger partial charge in [0.1, 0.15) is 0 Å². The van der Waals surface area contributed by atoms with Gasteiger partial charge in [0, 0.05) is 0 Å². The number of benzene rings is 3. The second-order valence-corrected chi connectivity index (χ2v) is 6.81. The molecule has 0 radical (unpaired) electrons.